The summed E-state index contributed by atoms with van der Waals surface area (Å²) in [6.45, 7) is 29.3. The first-order valence-corrected chi connectivity index (χ1v) is 32.7. The Morgan fingerprint density at radius 1 is 0.478 bits per heavy atom. The van der Waals surface area contributed by atoms with Gasteiger partial charge in [-0.15, -0.1) is 0 Å². The van der Waals surface area contributed by atoms with Gasteiger partial charge in [-0.1, -0.05) is 109 Å². The van der Waals surface area contributed by atoms with E-state index in [0.717, 1.165) is 9.80 Å². The number of carbonyl (C=O) groups excluding carboxylic acids is 11. The average Bonchev–Trinajstić information content (AvgIpc) is 1.02. The van der Waals surface area contributed by atoms with E-state index in [-0.39, 0.29) is 55.8 Å². The molecule has 28 heteroatoms. The summed E-state index contributed by atoms with van der Waals surface area (Å²) in [6.07, 6.45) is 3.04. The maximum Gasteiger partial charge on any atom is 0.394 e. The Morgan fingerprint density at radius 3 is 1.29 bits per heavy atom. The van der Waals surface area contributed by atoms with Gasteiger partial charge in [0.25, 0.3) is 0 Å². The number of amides is 11. The van der Waals surface area contributed by atoms with Crippen LogP contribution in [0.5, 0.6) is 0 Å². The van der Waals surface area contributed by atoms with Gasteiger partial charge < -0.3 is 60.7 Å². The molecule has 0 aromatic carbocycles. The lowest BCUT2D eigenvalue weighted by atomic mass is 9.91. The van der Waals surface area contributed by atoms with Crippen LogP contribution < -0.4 is 21.3 Å². The average molecular weight is 1300 g/mol. The first-order valence-electron chi connectivity index (χ1n) is 31.3. The van der Waals surface area contributed by atoms with Crippen molar-refractivity contribution in [1.29, 1.82) is 0 Å². The molecule has 518 valence electrons. The summed E-state index contributed by atoms with van der Waals surface area (Å²) in [5, 5.41) is 23.1. The molecule has 0 aromatic heterocycles. The van der Waals surface area contributed by atoms with Gasteiger partial charge in [0.15, 0.2) is 0 Å². The number of rotatable bonds is 15. The van der Waals surface area contributed by atoms with Crippen molar-refractivity contribution >= 4 is 75.4 Å². The van der Waals surface area contributed by atoms with E-state index in [1.165, 1.54) is 87.7 Å². The molecule has 27 nitrogen and oxygen atoms in total. The van der Waals surface area contributed by atoms with Crippen LogP contribution in [0.25, 0.3) is 0 Å². The van der Waals surface area contributed by atoms with Gasteiger partial charge in [-0.25, -0.2) is 0 Å². The second kappa shape index (κ2) is 37.9. The molecule has 0 saturated carbocycles. The number of hydrogen-bond acceptors (Lipinski definition) is 14. The lowest BCUT2D eigenvalue weighted by Crippen LogP contribution is -2.63. The van der Waals surface area contributed by atoms with Crippen molar-refractivity contribution in [3.8, 4) is 0 Å². The van der Waals surface area contributed by atoms with Gasteiger partial charge in [0.05, 0.1) is 12.6 Å². The zero-order valence-electron chi connectivity index (χ0n) is 58.2. The van der Waals surface area contributed by atoms with Crippen LogP contribution in [0, 0.1) is 41.4 Å². The first-order chi connectivity index (χ1) is 41.2. The number of nitrogens with one attached hydrogen (secondary N) is 4. The molecule has 1 aliphatic rings. The largest absolute Gasteiger partial charge is 0.394 e. The molecule has 0 aromatic rings. The third-order valence-electron chi connectivity index (χ3n) is 16.1. The van der Waals surface area contributed by atoms with Crippen molar-refractivity contribution in [2.45, 2.75) is 223 Å². The minimum absolute atomic E-state index is 0.0229. The molecule has 11 amide bonds. The van der Waals surface area contributed by atoms with Crippen LogP contribution in [-0.2, 0) is 63.1 Å². The van der Waals surface area contributed by atoms with Crippen molar-refractivity contribution in [3.05, 3.63) is 12.2 Å². The van der Waals surface area contributed by atoms with Gasteiger partial charge in [0, 0.05) is 49.3 Å². The topological polar surface area (TPSA) is 353 Å². The van der Waals surface area contributed by atoms with Crippen LogP contribution >= 0.6 is 0 Å². The van der Waals surface area contributed by atoms with Crippen LogP contribution in [0.15, 0.2) is 12.2 Å². The molecule has 0 radical (unpaired) electrons. The Morgan fingerprint density at radius 2 is 0.867 bits per heavy atom. The lowest BCUT2D eigenvalue weighted by Gasteiger charge is -2.41. The highest BCUT2D eigenvalue weighted by molar-refractivity contribution is 7.79. The maximum absolute atomic E-state index is 15.1. The normalized spacial score (nSPS) is 26.1. The van der Waals surface area contributed by atoms with Crippen LogP contribution in [-0.4, -0.2) is 244 Å². The summed E-state index contributed by atoms with van der Waals surface area (Å²) in [6, 6.07) is -12.3. The van der Waals surface area contributed by atoms with Gasteiger partial charge in [-0.3, -0.25) is 61.8 Å². The molecule has 90 heavy (non-hydrogen) atoms. The second-order valence-corrected chi connectivity index (χ2v) is 27.4. The molecule has 1 heterocycles. The number of aliphatic hydroxyl groups excluding tert-OH is 1. The number of aliphatic hydroxyl groups is 1. The fraction of sp³-hybridized carbons (Fsp3) is 0.790. The van der Waals surface area contributed by atoms with Crippen LogP contribution in [0.3, 0.4) is 0 Å². The molecule has 0 aliphatic carbocycles. The van der Waals surface area contributed by atoms with E-state index in [9.17, 15) is 48.3 Å². The van der Waals surface area contributed by atoms with Crippen molar-refractivity contribution in [2.24, 2.45) is 41.4 Å². The van der Waals surface area contributed by atoms with Crippen molar-refractivity contribution in [1.82, 2.24) is 55.6 Å². The van der Waals surface area contributed by atoms with Crippen molar-refractivity contribution < 1.29 is 75.4 Å². The molecule has 1 aliphatic heterocycles. The predicted octanol–water partition coefficient (Wildman–Crippen LogP) is 2.62. The van der Waals surface area contributed by atoms with E-state index >= 15 is 9.59 Å². The van der Waals surface area contributed by atoms with Crippen molar-refractivity contribution in [2.75, 3.05) is 55.9 Å². The summed E-state index contributed by atoms with van der Waals surface area (Å²) in [5.74, 6) is -9.71. The highest BCUT2D eigenvalue weighted by Gasteiger charge is 2.45. The Balaban J connectivity index is 0.0000152. The standard InChI is InChI=1S/C62H111N11O12.H2O4S/c1-25-27-28-40(15)52(75)51-56(79)65-43(26-2)58(81)67(18)33-48(74)68(19)44(29-34(3)4)55(78)66-49(38(11)12)61(84)69(20)45(30-35(5)6)54(77)63-41(16)53(76)64-42(17)57(80)70(21)46(31-36(7)8)59(82)71(22)47(32-37(9)10)60(83)72(23)50(39(13)14)62(85)73(51)24;1-5(2,3)4/h25,27,34-47,49-52,75H,26,28-33H2,1-24H3,(H,63,77)(H,64,76)(H,65,79)(H,66,78);(H2,1,2,3,4)/t40-,41+,42-,43+,44+,45+,46+,47+,49+,50+,51+,52-;/m1./s1. The summed E-state index contributed by atoms with van der Waals surface area (Å²) in [7, 11) is 5.25. The van der Waals surface area contributed by atoms with Gasteiger partial charge in [0.1, 0.15) is 60.4 Å². The Kier molecular flexibility index (Phi) is 35.3. The summed E-state index contributed by atoms with van der Waals surface area (Å²) < 4.78 is 31.6. The van der Waals surface area contributed by atoms with E-state index in [2.05, 4.69) is 21.3 Å². The Bertz CT molecular complexity index is 2570. The number of likely N-dealkylation sites (N-methyl/N-ethyl adjacent to an activating group) is 7. The Labute approximate surface area is 536 Å². The second-order valence-electron chi connectivity index (χ2n) is 26.5. The van der Waals surface area contributed by atoms with Crippen LogP contribution in [0.4, 0.5) is 0 Å². The summed E-state index contributed by atoms with van der Waals surface area (Å²) >= 11 is 0. The highest BCUT2D eigenvalue weighted by atomic mass is 32.3. The molecule has 12 atom stereocenters. The molecular weight excluding hydrogens is 1190 g/mol. The molecule has 0 unspecified atom stereocenters. The number of hydrogen-bond donors (Lipinski definition) is 7. The van der Waals surface area contributed by atoms with E-state index in [4.69, 9.17) is 17.5 Å². The monoisotopic (exact) mass is 1300 g/mol. The lowest BCUT2D eigenvalue weighted by molar-refractivity contribution is -0.157. The third-order valence-corrected chi connectivity index (χ3v) is 16.1. The molecule has 1 saturated heterocycles. The smallest absolute Gasteiger partial charge is 0.390 e. The fourth-order valence-corrected chi connectivity index (χ4v) is 10.7. The third kappa shape index (κ3) is 25.8. The quantitative estimate of drug-likeness (QED) is 0.0915. The maximum atomic E-state index is 15.1. The highest BCUT2D eigenvalue weighted by Crippen LogP contribution is 2.26. The van der Waals surface area contributed by atoms with Gasteiger partial charge in [-0.05, 0) is 101 Å². The Hall–Kier alpha value is -6.26. The van der Waals surface area contributed by atoms with E-state index in [0.29, 0.717) is 6.42 Å². The SMILES string of the molecule is CC=CC[C@@H](C)[C@@H](O)[C@H]1C(=O)N[C@@H](CC)C(=O)N(C)CC(=O)N(C)[C@@H](CC(C)C)C(=O)N[C@@H](C(C)C)C(=O)N(C)[C@@H](CC(C)C)C(=O)N[C@@H](C)C(=O)N[C@H](C)C(=O)N(C)[C@@H](CC(C)C)C(=O)N(C)[C@@H](CC(C)C)C(=O)N(C)[C@@H](C(C)C)C(=O)N1C.O=S(=O)(O)O. The number of allylic oxidation sites excluding steroid dienone is 2. The molecule has 7 N–H and O–H groups in total. The van der Waals surface area contributed by atoms with Crippen molar-refractivity contribution in [3.63, 3.8) is 0 Å². The number of carbonyl (C=O) groups is 11. The van der Waals surface area contributed by atoms with Gasteiger partial charge >= 0.3 is 10.4 Å². The van der Waals surface area contributed by atoms with Gasteiger partial charge in [0.2, 0.25) is 65.0 Å². The van der Waals surface area contributed by atoms with E-state index < -0.39 is 166 Å². The molecule has 1 fully saturated rings. The molecule has 0 spiro atoms. The zero-order chi connectivity index (χ0) is 70.5. The first kappa shape index (κ1) is 83.7. The van der Waals surface area contributed by atoms with Crippen LogP contribution in [0.1, 0.15) is 156 Å². The van der Waals surface area contributed by atoms with E-state index in [1.807, 2.05) is 61.5 Å². The molecule has 1 rings (SSSR count). The summed E-state index contributed by atoms with van der Waals surface area (Å²) in [4.78, 5) is 169. The van der Waals surface area contributed by atoms with Crippen LogP contribution in [0.2, 0.25) is 0 Å². The summed E-state index contributed by atoms with van der Waals surface area (Å²) in [5.41, 5.74) is 0. The van der Waals surface area contributed by atoms with Gasteiger partial charge in [-0.2, -0.15) is 8.42 Å². The van der Waals surface area contributed by atoms with E-state index in [1.54, 1.807) is 54.5 Å². The minimum atomic E-state index is -4.67. The molecular formula is C62H113N11O16S. The number of nitrogens with zero attached hydrogens (tertiary/aromatic N) is 7. The predicted molar refractivity (Wildman–Crippen MR) is 343 cm³/mol. The fourth-order valence-electron chi connectivity index (χ4n) is 10.7. The minimum Gasteiger partial charge on any atom is -0.390 e. The molecule has 0 bridgehead atoms. The zero-order valence-corrected chi connectivity index (χ0v) is 59.0.